The van der Waals surface area contributed by atoms with Crippen molar-refractivity contribution in [1.29, 1.82) is 0 Å². The van der Waals surface area contributed by atoms with Crippen molar-refractivity contribution >= 4 is 9.84 Å². The summed E-state index contributed by atoms with van der Waals surface area (Å²) in [6, 6.07) is 14.0. The van der Waals surface area contributed by atoms with Gasteiger partial charge >= 0.3 is 0 Å². The van der Waals surface area contributed by atoms with Gasteiger partial charge in [-0.15, -0.1) is 0 Å². The molecule has 0 aliphatic heterocycles. The summed E-state index contributed by atoms with van der Waals surface area (Å²) in [5, 5.41) is 0. The lowest BCUT2D eigenvalue weighted by Crippen LogP contribution is -1.96. The Bertz CT molecular complexity index is 977. The summed E-state index contributed by atoms with van der Waals surface area (Å²) in [6.45, 7) is 0. The van der Waals surface area contributed by atoms with Gasteiger partial charge in [-0.1, -0.05) is 24.1 Å². The van der Waals surface area contributed by atoms with Gasteiger partial charge in [0.15, 0.2) is 9.84 Å². The molecule has 0 bridgehead atoms. The summed E-state index contributed by atoms with van der Waals surface area (Å²) in [7, 11) is -3.20. The van der Waals surface area contributed by atoms with Gasteiger partial charge in [-0.25, -0.2) is 13.4 Å². The quantitative estimate of drug-likeness (QED) is 0.680. The minimum Gasteiger partial charge on any atom is -0.471 e. The Balaban J connectivity index is 1.91. The maximum absolute atomic E-state index is 11.5. The van der Waals surface area contributed by atoms with Crippen LogP contribution in [0.1, 0.15) is 11.3 Å². The number of benzene rings is 1. The highest BCUT2D eigenvalue weighted by Crippen LogP contribution is 2.19. The topological polar surface area (TPSA) is 60.2 Å². The van der Waals surface area contributed by atoms with Crippen molar-refractivity contribution in [2.75, 3.05) is 6.26 Å². The van der Waals surface area contributed by atoms with E-state index in [1.807, 2.05) is 18.2 Å². The molecule has 2 heterocycles. The van der Waals surface area contributed by atoms with Gasteiger partial charge in [-0.3, -0.25) is 0 Å². The molecule has 23 heavy (non-hydrogen) atoms. The zero-order chi connectivity index (χ0) is 16.3. The van der Waals surface area contributed by atoms with Gasteiger partial charge in [0.05, 0.1) is 22.4 Å². The molecular weight excluding hydrogens is 310 g/mol. The van der Waals surface area contributed by atoms with Gasteiger partial charge in [-0.05, 0) is 36.3 Å². The average molecular weight is 323 g/mol. The second-order valence-corrected chi connectivity index (χ2v) is 6.98. The zero-order valence-electron chi connectivity index (χ0n) is 12.4. The summed E-state index contributed by atoms with van der Waals surface area (Å²) in [6.07, 6.45) is 4.32. The Morgan fingerprint density at radius 1 is 1.00 bits per heavy atom. The molecule has 5 heteroatoms. The molecule has 0 fully saturated rings. The Morgan fingerprint density at radius 3 is 2.43 bits per heavy atom. The smallest absolute Gasteiger partial charge is 0.175 e. The standard InChI is InChI=1S/C18H13NO3S/c1-23(20,21)17-9-6-15(7-10-17)18-4-2-3-16(19-18)8-5-14-11-12-22-13-14/h2-4,6-7,9-13H,1H3. The number of hydrogen-bond donors (Lipinski definition) is 0. The lowest BCUT2D eigenvalue weighted by atomic mass is 10.1. The van der Waals surface area contributed by atoms with Crippen molar-refractivity contribution in [3.8, 4) is 23.1 Å². The van der Waals surface area contributed by atoms with Crippen LogP contribution < -0.4 is 0 Å². The van der Waals surface area contributed by atoms with Crippen molar-refractivity contribution in [3.05, 3.63) is 72.3 Å². The molecule has 114 valence electrons. The molecule has 0 atom stereocenters. The van der Waals surface area contributed by atoms with Crippen molar-refractivity contribution < 1.29 is 12.8 Å². The molecule has 3 rings (SSSR count). The summed E-state index contributed by atoms with van der Waals surface area (Å²) in [4.78, 5) is 4.77. The minimum absolute atomic E-state index is 0.289. The van der Waals surface area contributed by atoms with E-state index in [1.165, 1.54) is 6.26 Å². The largest absolute Gasteiger partial charge is 0.471 e. The van der Waals surface area contributed by atoms with Gasteiger partial charge in [0.1, 0.15) is 12.0 Å². The van der Waals surface area contributed by atoms with Gasteiger partial charge in [0.2, 0.25) is 0 Å². The molecule has 3 aromatic rings. The SMILES string of the molecule is CS(=O)(=O)c1ccc(-c2cccc(C#Cc3ccoc3)n2)cc1. The maximum atomic E-state index is 11.5. The zero-order valence-corrected chi connectivity index (χ0v) is 13.2. The number of pyridine rings is 1. The van der Waals surface area contributed by atoms with Gasteiger partial charge < -0.3 is 4.42 Å². The molecule has 0 aliphatic carbocycles. The Labute approximate surface area is 134 Å². The first-order valence-corrected chi connectivity index (χ1v) is 8.73. The Kier molecular flexibility index (Phi) is 4.00. The van der Waals surface area contributed by atoms with Crippen molar-refractivity contribution in [1.82, 2.24) is 4.98 Å². The first-order chi connectivity index (χ1) is 11.0. The van der Waals surface area contributed by atoms with E-state index in [-0.39, 0.29) is 4.90 Å². The van der Waals surface area contributed by atoms with E-state index >= 15 is 0 Å². The van der Waals surface area contributed by atoms with Crippen LogP contribution in [-0.2, 0) is 9.84 Å². The lowest BCUT2D eigenvalue weighted by molar-refractivity contribution is 0.566. The predicted molar refractivity (Wildman–Crippen MR) is 87.5 cm³/mol. The molecule has 0 amide bonds. The van der Waals surface area contributed by atoms with Gasteiger partial charge in [0.25, 0.3) is 0 Å². The molecule has 0 N–H and O–H groups in total. The second kappa shape index (κ2) is 6.11. The van der Waals surface area contributed by atoms with Gasteiger partial charge in [0, 0.05) is 11.8 Å². The highest BCUT2D eigenvalue weighted by molar-refractivity contribution is 7.90. The van der Waals surface area contributed by atoms with Crippen LogP contribution in [0.3, 0.4) is 0 Å². The highest BCUT2D eigenvalue weighted by atomic mass is 32.2. The average Bonchev–Trinajstić information content (AvgIpc) is 3.06. The third kappa shape index (κ3) is 3.68. The van der Waals surface area contributed by atoms with E-state index in [2.05, 4.69) is 16.8 Å². The molecule has 2 aromatic heterocycles. The molecule has 0 saturated carbocycles. The van der Waals surface area contributed by atoms with E-state index in [0.29, 0.717) is 5.69 Å². The van der Waals surface area contributed by atoms with Crippen LogP contribution in [0.25, 0.3) is 11.3 Å². The molecule has 0 radical (unpaired) electrons. The third-order valence-corrected chi connectivity index (χ3v) is 4.31. The highest BCUT2D eigenvalue weighted by Gasteiger charge is 2.07. The normalized spacial score (nSPS) is 10.8. The van der Waals surface area contributed by atoms with Crippen molar-refractivity contribution in [2.45, 2.75) is 4.90 Å². The van der Waals surface area contributed by atoms with Crippen LogP contribution in [0.4, 0.5) is 0 Å². The number of sulfone groups is 1. The molecule has 0 saturated heterocycles. The molecular formula is C18H13NO3S. The minimum atomic E-state index is -3.20. The summed E-state index contributed by atoms with van der Waals surface area (Å²) < 4.78 is 27.9. The monoisotopic (exact) mass is 323 g/mol. The molecule has 0 unspecified atom stereocenters. The van der Waals surface area contributed by atoms with Crippen molar-refractivity contribution in [2.24, 2.45) is 0 Å². The van der Waals surface area contributed by atoms with Crippen LogP contribution in [0.2, 0.25) is 0 Å². The fraction of sp³-hybridized carbons (Fsp3) is 0.0556. The molecule has 0 spiro atoms. The fourth-order valence-electron chi connectivity index (χ4n) is 2.01. The summed E-state index contributed by atoms with van der Waals surface area (Å²) >= 11 is 0. The molecule has 4 nitrogen and oxygen atoms in total. The third-order valence-electron chi connectivity index (χ3n) is 3.18. The first-order valence-electron chi connectivity index (χ1n) is 6.84. The lowest BCUT2D eigenvalue weighted by Gasteiger charge is -2.03. The van der Waals surface area contributed by atoms with Crippen LogP contribution >= 0.6 is 0 Å². The van der Waals surface area contributed by atoms with Crippen LogP contribution in [-0.4, -0.2) is 19.7 Å². The molecule has 0 aliphatic rings. The van der Waals surface area contributed by atoms with Crippen LogP contribution in [0.5, 0.6) is 0 Å². The van der Waals surface area contributed by atoms with E-state index in [4.69, 9.17) is 4.42 Å². The second-order valence-electron chi connectivity index (χ2n) is 4.97. The van der Waals surface area contributed by atoms with E-state index in [1.54, 1.807) is 42.9 Å². The fourth-order valence-corrected chi connectivity index (χ4v) is 2.64. The summed E-state index contributed by atoms with van der Waals surface area (Å²) in [5.41, 5.74) is 3.00. The predicted octanol–water partition coefficient (Wildman–Crippen LogP) is 3.14. The van der Waals surface area contributed by atoms with E-state index in [9.17, 15) is 8.42 Å². The van der Waals surface area contributed by atoms with Crippen LogP contribution in [0, 0.1) is 11.8 Å². The maximum Gasteiger partial charge on any atom is 0.175 e. The first kappa shape index (κ1) is 15.1. The van der Waals surface area contributed by atoms with Crippen molar-refractivity contribution in [3.63, 3.8) is 0 Å². The number of hydrogen-bond acceptors (Lipinski definition) is 4. The number of rotatable bonds is 2. The van der Waals surface area contributed by atoms with Crippen LogP contribution in [0.15, 0.2) is 70.4 Å². The number of nitrogens with zero attached hydrogens (tertiary/aromatic N) is 1. The summed E-state index contributed by atoms with van der Waals surface area (Å²) in [5.74, 6) is 5.94. The number of aromatic nitrogens is 1. The van der Waals surface area contributed by atoms with E-state index in [0.717, 1.165) is 16.8 Å². The Morgan fingerprint density at radius 2 is 1.78 bits per heavy atom. The molecule has 1 aromatic carbocycles. The Hall–Kier alpha value is -2.84. The number of furan rings is 1. The van der Waals surface area contributed by atoms with E-state index < -0.39 is 9.84 Å². The van der Waals surface area contributed by atoms with Gasteiger partial charge in [-0.2, -0.15) is 0 Å².